The van der Waals surface area contributed by atoms with Crippen molar-refractivity contribution < 1.29 is 182 Å². The van der Waals surface area contributed by atoms with Crippen molar-refractivity contribution in [3.05, 3.63) is 90.3 Å². The third-order valence-electron chi connectivity index (χ3n) is 7.16. The largest absolute Gasteiger partial charge is 1.00 e. The molecule has 16 heteroatoms. The molecule has 3 saturated heterocycles. The van der Waals surface area contributed by atoms with Gasteiger partial charge in [0, 0.05) is 190 Å². The van der Waals surface area contributed by atoms with Gasteiger partial charge in [-0.3, -0.25) is 40.1 Å². The van der Waals surface area contributed by atoms with Crippen molar-refractivity contribution >= 4 is 14.3 Å². The normalized spacial score (nSPS) is 18.8. The molecule has 6 radical (unpaired) electrons. The number of aldehydes is 1. The van der Waals surface area contributed by atoms with Crippen LogP contribution in [0.5, 0.6) is 0 Å². The van der Waals surface area contributed by atoms with Gasteiger partial charge in [0.15, 0.2) is 6.29 Å². The van der Waals surface area contributed by atoms with Crippen LogP contribution in [-0.4, -0.2) is 99.9 Å². The molecule has 3 aromatic heterocycles. The number of nitrogens with two attached hydrogens (primary N) is 1. The molecule has 0 amide bonds. The van der Waals surface area contributed by atoms with E-state index < -0.39 is 0 Å². The minimum atomic E-state index is 0. The summed E-state index contributed by atoms with van der Waals surface area (Å²) in [4.78, 5) is 27.1. The fraction of sp³-hybridized carbons (Fsp3) is 0.500. The van der Waals surface area contributed by atoms with Crippen LogP contribution in [0.2, 0.25) is 0 Å². The first kappa shape index (κ1) is 57.0. The van der Waals surface area contributed by atoms with Crippen LogP contribution < -0.4 is 40.6 Å². The van der Waals surface area contributed by atoms with Crippen molar-refractivity contribution in [1.82, 2.24) is 30.1 Å². The summed E-state index contributed by atoms with van der Waals surface area (Å²) >= 11 is 0. The molecule has 0 bridgehead atoms. The SMILES string of the molecule is CC1CCN(Cc2ccccn2)C1.CC1CCNC1.NC1CCN(Cc2ccccn2)C1.O=Cc1ccccn1.OO.[Ac].[Ac].[Ac].[B-]O.[Na+]. The van der Waals surface area contributed by atoms with E-state index in [1.54, 1.807) is 24.4 Å². The van der Waals surface area contributed by atoms with Crippen molar-refractivity contribution in [1.29, 1.82) is 0 Å². The first-order valence-corrected chi connectivity index (χ1v) is 15.0. The van der Waals surface area contributed by atoms with E-state index in [9.17, 15) is 4.79 Å². The Bertz CT molecular complexity index is 1030. The Balaban J connectivity index is -0.000000261. The maximum absolute atomic E-state index is 9.94. The summed E-state index contributed by atoms with van der Waals surface area (Å²) in [5.74, 6) is 1.80. The fourth-order valence-electron chi connectivity index (χ4n) is 4.86. The standard InChI is InChI=1S/C11H16N2.C10H15N3.C6H5NO.C5H11N.3Ac.BHO.Na.H2O2/c1-10-5-7-13(8-10)9-11-4-2-3-6-12-11;11-9-4-6-13(7-9)8-10-3-1-2-5-12-10;8-5-6-3-1-2-4-7-6;1-5-2-3-6-4-5;;;;1-2;;1-2/h2-4,6,10H,5,7-9H2,1H3;1-3,5,9H,4,6-8,11H2;1-5H;5-6H,2-4H2,1H3;;;;2H;;1-2H/q;;;;;;;-1;+1;. The minimum Gasteiger partial charge on any atom is -0.715 e. The maximum Gasteiger partial charge on any atom is 1.00 e. The number of nitrogens with zero attached hydrogens (tertiary/aromatic N) is 5. The predicted octanol–water partition coefficient (Wildman–Crippen LogP) is 0.132. The molecule has 0 spiro atoms. The zero-order chi connectivity index (χ0) is 32.4. The molecule has 6 N–H and O–H groups in total. The number of carbonyl (C=O) groups excluding carboxylic acids is 1. The van der Waals surface area contributed by atoms with Gasteiger partial charge >= 0.3 is 29.6 Å². The summed E-state index contributed by atoms with van der Waals surface area (Å²) in [6.45, 7) is 13.6. The molecule has 6 rings (SSSR count). The van der Waals surface area contributed by atoms with Crippen molar-refractivity contribution in [2.75, 3.05) is 39.3 Å². The van der Waals surface area contributed by atoms with Gasteiger partial charge in [-0.1, -0.05) is 32.0 Å². The van der Waals surface area contributed by atoms with Crippen LogP contribution in [0.25, 0.3) is 0 Å². The zero-order valence-electron chi connectivity index (χ0n) is 28.9. The van der Waals surface area contributed by atoms with E-state index in [1.807, 2.05) is 30.6 Å². The third-order valence-corrected chi connectivity index (χ3v) is 7.16. The van der Waals surface area contributed by atoms with E-state index in [-0.39, 0.29) is 162 Å². The summed E-state index contributed by atoms with van der Waals surface area (Å²) in [6.07, 6.45) is 9.85. The molecule has 3 unspecified atom stereocenters. The molecular formula is C32H50Ac3BN7NaO4. The second-order valence-electron chi connectivity index (χ2n) is 11.0. The Labute approximate surface area is 418 Å². The van der Waals surface area contributed by atoms with Gasteiger partial charge in [0.25, 0.3) is 0 Å². The molecule has 3 aliphatic heterocycles. The van der Waals surface area contributed by atoms with E-state index in [0.717, 1.165) is 56.4 Å². The average Bonchev–Trinajstić information content (AvgIpc) is 3.84. The minimum absolute atomic E-state index is 0. The molecular weight excluding hydrogens is 1260 g/mol. The van der Waals surface area contributed by atoms with Crippen LogP contribution in [0.4, 0.5) is 0 Å². The second-order valence-corrected chi connectivity index (χ2v) is 11.0. The molecule has 11 nitrogen and oxygen atoms in total. The molecule has 0 aromatic carbocycles. The van der Waals surface area contributed by atoms with Crippen molar-refractivity contribution in [2.24, 2.45) is 17.6 Å². The van der Waals surface area contributed by atoms with Gasteiger partial charge in [0.1, 0.15) is 5.69 Å². The number of pyridine rings is 3. The molecule has 48 heavy (non-hydrogen) atoms. The molecule has 3 aromatic rings. The molecule has 3 atom stereocenters. The summed E-state index contributed by atoms with van der Waals surface area (Å²) in [7, 11) is 3.50. The van der Waals surface area contributed by atoms with Gasteiger partial charge in [-0.05, 0) is 87.1 Å². The van der Waals surface area contributed by atoms with E-state index in [0.29, 0.717) is 11.7 Å². The topological polar surface area (TPSA) is 161 Å². The number of hydrogen-bond donors (Lipinski definition) is 5. The van der Waals surface area contributed by atoms with Gasteiger partial charge in [-0.2, -0.15) is 0 Å². The Morgan fingerprint density at radius 1 is 0.792 bits per heavy atom. The number of rotatable bonds is 5. The van der Waals surface area contributed by atoms with Crippen LogP contribution in [-0.2, 0) is 13.1 Å². The van der Waals surface area contributed by atoms with Gasteiger partial charge < -0.3 is 24.1 Å². The van der Waals surface area contributed by atoms with Crippen LogP contribution in [0.15, 0.2) is 73.2 Å². The van der Waals surface area contributed by atoms with E-state index >= 15 is 0 Å². The molecule has 0 saturated carbocycles. The van der Waals surface area contributed by atoms with Gasteiger partial charge in [-0.25, -0.2) is 0 Å². The zero-order valence-corrected chi connectivity index (χ0v) is 45.1. The summed E-state index contributed by atoms with van der Waals surface area (Å²) < 4.78 is 0. The number of hydrogen-bond acceptors (Lipinski definition) is 11. The molecule has 3 fully saturated rings. The Morgan fingerprint density at radius 3 is 1.58 bits per heavy atom. The maximum atomic E-state index is 9.94. The van der Waals surface area contributed by atoms with E-state index in [4.69, 9.17) is 21.3 Å². The van der Waals surface area contributed by atoms with Crippen molar-refractivity contribution in [3.8, 4) is 0 Å². The van der Waals surface area contributed by atoms with Crippen molar-refractivity contribution in [2.45, 2.75) is 52.2 Å². The van der Waals surface area contributed by atoms with Gasteiger partial charge in [0.2, 0.25) is 0 Å². The average molecular weight is 1310 g/mol. The van der Waals surface area contributed by atoms with Gasteiger partial charge in [-0.15, -0.1) is 0 Å². The van der Waals surface area contributed by atoms with Crippen molar-refractivity contribution in [3.63, 3.8) is 0 Å². The van der Waals surface area contributed by atoms with Crippen LogP contribution in [0.3, 0.4) is 0 Å². The van der Waals surface area contributed by atoms with E-state index in [2.05, 4.69) is 70.2 Å². The Morgan fingerprint density at radius 2 is 1.29 bits per heavy atom. The Kier molecular flexibility index (Phi) is 46.2. The quantitative estimate of drug-likeness (QED) is 0.102. The predicted molar refractivity (Wildman–Crippen MR) is 175 cm³/mol. The molecule has 250 valence electrons. The second kappa shape index (κ2) is 38.9. The van der Waals surface area contributed by atoms with Gasteiger partial charge in [0.05, 0.1) is 11.4 Å². The fourth-order valence-corrected chi connectivity index (χ4v) is 4.86. The Hall–Kier alpha value is 2.23. The molecule has 6 heterocycles. The number of likely N-dealkylation sites (tertiary alicyclic amines) is 2. The third kappa shape index (κ3) is 28.7. The number of aromatic nitrogens is 3. The van der Waals surface area contributed by atoms with Crippen LogP contribution in [0.1, 0.15) is 55.0 Å². The first-order chi connectivity index (χ1) is 21.5. The van der Waals surface area contributed by atoms with Crippen LogP contribution >= 0.6 is 0 Å². The smallest absolute Gasteiger partial charge is 0.715 e. The molecule has 0 aliphatic carbocycles. The summed E-state index contributed by atoms with van der Waals surface area (Å²) in [5.41, 5.74) is 8.62. The monoisotopic (exact) mass is 1310 g/mol. The number of carbonyl (C=O) groups is 1. The summed E-state index contributed by atoms with van der Waals surface area (Å²) in [6, 6.07) is 17.7. The van der Waals surface area contributed by atoms with E-state index in [1.165, 1.54) is 44.7 Å². The molecule has 3 aliphatic rings. The summed E-state index contributed by atoms with van der Waals surface area (Å²) in [5, 5.41) is 21.8. The van der Waals surface area contributed by atoms with Crippen LogP contribution in [0, 0.1) is 144 Å². The first-order valence-electron chi connectivity index (χ1n) is 15.0. The number of nitrogens with one attached hydrogen (secondary N) is 1.